The molecule has 0 aliphatic carbocycles. The van der Waals surface area contributed by atoms with Crippen LogP contribution in [0.1, 0.15) is 60.3 Å². The number of aliphatic hydroxyl groups excluding tert-OH is 1. The van der Waals surface area contributed by atoms with Crippen molar-refractivity contribution in [1.29, 1.82) is 0 Å². The number of aliphatic hydroxyl groups is 1. The van der Waals surface area contributed by atoms with Crippen molar-refractivity contribution < 1.29 is 5.11 Å². The van der Waals surface area contributed by atoms with Crippen LogP contribution in [0.5, 0.6) is 0 Å². The van der Waals surface area contributed by atoms with Gasteiger partial charge in [-0.1, -0.05) is 40.5 Å². The minimum Gasteiger partial charge on any atom is -0.393 e. The van der Waals surface area contributed by atoms with Crippen molar-refractivity contribution in [3.05, 3.63) is 0 Å². The Balaban J connectivity index is 3.42. The summed E-state index contributed by atoms with van der Waals surface area (Å²) in [5, 5.41) is 9.18. The van der Waals surface area contributed by atoms with Crippen molar-refractivity contribution in [2.75, 3.05) is 0 Å². The highest BCUT2D eigenvalue weighted by Gasteiger charge is 2.11. The third-order valence-corrected chi connectivity index (χ3v) is 2.37. The van der Waals surface area contributed by atoms with E-state index in [1.165, 1.54) is 19.3 Å². The van der Waals surface area contributed by atoms with Crippen LogP contribution in [-0.2, 0) is 0 Å². The van der Waals surface area contributed by atoms with E-state index in [9.17, 15) is 5.11 Å². The quantitative estimate of drug-likeness (QED) is 0.695. The topological polar surface area (TPSA) is 20.2 Å². The highest BCUT2D eigenvalue weighted by molar-refractivity contribution is 4.64. The lowest BCUT2D eigenvalue weighted by molar-refractivity contribution is 0.160. The summed E-state index contributed by atoms with van der Waals surface area (Å²) in [5.41, 5.74) is 0.463. The third kappa shape index (κ3) is 9.88. The molecular weight excluding hydrogens is 160 g/mol. The molecule has 2 atom stereocenters. The van der Waals surface area contributed by atoms with E-state index < -0.39 is 0 Å². The van der Waals surface area contributed by atoms with Crippen LogP contribution in [0.15, 0.2) is 0 Å². The molecule has 0 radical (unpaired) electrons. The van der Waals surface area contributed by atoms with Gasteiger partial charge in [-0.25, -0.2) is 0 Å². The third-order valence-electron chi connectivity index (χ3n) is 2.37. The van der Waals surface area contributed by atoms with Crippen LogP contribution in [0.4, 0.5) is 0 Å². The SMILES string of the molecule is CC(O)CC(C)CCCC(C)(C)C. The molecule has 0 saturated carbocycles. The average Bonchev–Trinajstić information content (AvgIpc) is 1.81. The lowest BCUT2D eigenvalue weighted by Crippen LogP contribution is -2.09. The van der Waals surface area contributed by atoms with Crippen molar-refractivity contribution in [2.45, 2.75) is 66.4 Å². The van der Waals surface area contributed by atoms with Gasteiger partial charge in [0, 0.05) is 0 Å². The Hall–Kier alpha value is -0.0400. The molecule has 0 aliphatic heterocycles. The van der Waals surface area contributed by atoms with Gasteiger partial charge >= 0.3 is 0 Å². The van der Waals surface area contributed by atoms with Gasteiger partial charge in [0.15, 0.2) is 0 Å². The molecule has 0 bridgehead atoms. The van der Waals surface area contributed by atoms with Crippen LogP contribution in [-0.4, -0.2) is 11.2 Å². The molecule has 0 fully saturated rings. The summed E-state index contributed by atoms with van der Waals surface area (Å²) in [7, 11) is 0. The zero-order valence-corrected chi connectivity index (χ0v) is 9.93. The van der Waals surface area contributed by atoms with Crippen LogP contribution in [0.3, 0.4) is 0 Å². The first-order valence-corrected chi connectivity index (χ1v) is 5.49. The number of hydrogen-bond acceptors (Lipinski definition) is 1. The van der Waals surface area contributed by atoms with Gasteiger partial charge in [-0.3, -0.25) is 0 Å². The Labute approximate surface area is 83.5 Å². The Bertz CT molecular complexity index is 122. The van der Waals surface area contributed by atoms with Gasteiger partial charge < -0.3 is 5.11 Å². The van der Waals surface area contributed by atoms with Gasteiger partial charge in [0.05, 0.1) is 6.10 Å². The summed E-state index contributed by atoms with van der Waals surface area (Å²) in [6, 6.07) is 0. The summed E-state index contributed by atoms with van der Waals surface area (Å²) in [4.78, 5) is 0. The summed E-state index contributed by atoms with van der Waals surface area (Å²) in [5.74, 6) is 0.669. The average molecular weight is 186 g/mol. The van der Waals surface area contributed by atoms with E-state index in [1.54, 1.807) is 0 Å². The Morgan fingerprint density at radius 2 is 1.69 bits per heavy atom. The fourth-order valence-corrected chi connectivity index (χ4v) is 1.68. The van der Waals surface area contributed by atoms with Gasteiger partial charge in [-0.05, 0) is 31.1 Å². The van der Waals surface area contributed by atoms with E-state index >= 15 is 0 Å². The smallest absolute Gasteiger partial charge is 0.0514 e. The van der Waals surface area contributed by atoms with E-state index in [4.69, 9.17) is 0 Å². The maximum Gasteiger partial charge on any atom is 0.0514 e. The lowest BCUT2D eigenvalue weighted by atomic mass is 9.87. The molecule has 0 heterocycles. The second kappa shape index (κ2) is 5.64. The molecule has 0 saturated heterocycles. The molecule has 13 heavy (non-hydrogen) atoms. The molecule has 0 spiro atoms. The number of rotatable bonds is 5. The van der Waals surface area contributed by atoms with E-state index in [2.05, 4.69) is 27.7 Å². The molecule has 0 rings (SSSR count). The monoisotopic (exact) mass is 186 g/mol. The van der Waals surface area contributed by atoms with Gasteiger partial charge in [0.2, 0.25) is 0 Å². The Kier molecular flexibility index (Phi) is 5.62. The first kappa shape index (κ1) is 13.0. The van der Waals surface area contributed by atoms with Crippen LogP contribution < -0.4 is 0 Å². The fraction of sp³-hybridized carbons (Fsp3) is 1.00. The summed E-state index contributed by atoms with van der Waals surface area (Å²) >= 11 is 0. The van der Waals surface area contributed by atoms with Crippen molar-refractivity contribution in [3.63, 3.8) is 0 Å². The molecule has 80 valence electrons. The van der Waals surface area contributed by atoms with E-state index in [1.807, 2.05) is 6.92 Å². The van der Waals surface area contributed by atoms with Crippen molar-refractivity contribution >= 4 is 0 Å². The summed E-state index contributed by atoms with van der Waals surface area (Å²) in [6.07, 6.45) is 4.64. The van der Waals surface area contributed by atoms with Gasteiger partial charge in [0.25, 0.3) is 0 Å². The first-order valence-electron chi connectivity index (χ1n) is 5.49. The maximum atomic E-state index is 9.18. The highest BCUT2D eigenvalue weighted by atomic mass is 16.3. The van der Waals surface area contributed by atoms with E-state index in [0.717, 1.165) is 6.42 Å². The van der Waals surface area contributed by atoms with Crippen molar-refractivity contribution in [3.8, 4) is 0 Å². The van der Waals surface area contributed by atoms with E-state index in [0.29, 0.717) is 11.3 Å². The second-order valence-electron chi connectivity index (χ2n) is 5.64. The molecule has 2 unspecified atom stereocenters. The predicted molar refractivity (Wildman–Crippen MR) is 58.8 cm³/mol. The van der Waals surface area contributed by atoms with Crippen molar-refractivity contribution in [1.82, 2.24) is 0 Å². The molecule has 1 nitrogen and oxygen atoms in total. The maximum absolute atomic E-state index is 9.18. The van der Waals surface area contributed by atoms with E-state index in [-0.39, 0.29) is 6.10 Å². The van der Waals surface area contributed by atoms with Gasteiger partial charge in [-0.2, -0.15) is 0 Å². The molecule has 0 aliphatic rings. The van der Waals surface area contributed by atoms with Crippen LogP contribution in [0, 0.1) is 11.3 Å². The minimum atomic E-state index is -0.135. The van der Waals surface area contributed by atoms with Crippen LogP contribution >= 0.6 is 0 Å². The zero-order valence-electron chi connectivity index (χ0n) is 9.93. The van der Waals surface area contributed by atoms with Crippen molar-refractivity contribution in [2.24, 2.45) is 11.3 Å². The Morgan fingerprint density at radius 3 is 2.08 bits per heavy atom. The zero-order chi connectivity index (χ0) is 10.5. The standard InChI is InChI=1S/C12H26O/c1-10(9-11(2)13)7-6-8-12(3,4)5/h10-11,13H,6-9H2,1-5H3. The second-order valence-corrected chi connectivity index (χ2v) is 5.64. The summed E-state index contributed by atoms with van der Waals surface area (Å²) < 4.78 is 0. The lowest BCUT2D eigenvalue weighted by Gasteiger charge is -2.19. The minimum absolute atomic E-state index is 0.135. The van der Waals surface area contributed by atoms with Crippen LogP contribution in [0.2, 0.25) is 0 Å². The van der Waals surface area contributed by atoms with Gasteiger partial charge in [-0.15, -0.1) is 0 Å². The normalized spacial score (nSPS) is 17.1. The predicted octanol–water partition coefficient (Wildman–Crippen LogP) is 3.61. The Morgan fingerprint density at radius 1 is 1.15 bits per heavy atom. The molecule has 0 aromatic rings. The largest absolute Gasteiger partial charge is 0.393 e. The number of hydrogen-bond donors (Lipinski definition) is 1. The molecule has 1 heteroatoms. The highest BCUT2D eigenvalue weighted by Crippen LogP contribution is 2.24. The molecule has 0 amide bonds. The molecular formula is C12H26O. The summed E-state index contributed by atoms with van der Waals surface area (Å²) in [6.45, 7) is 11.0. The van der Waals surface area contributed by atoms with Gasteiger partial charge in [0.1, 0.15) is 0 Å². The molecule has 0 aromatic carbocycles. The van der Waals surface area contributed by atoms with Crippen LogP contribution in [0.25, 0.3) is 0 Å². The molecule has 1 N–H and O–H groups in total. The molecule has 0 aromatic heterocycles. The first-order chi connectivity index (χ1) is 5.81. The fourth-order valence-electron chi connectivity index (χ4n) is 1.68.